The van der Waals surface area contributed by atoms with E-state index in [2.05, 4.69) is 5.32 Å². The van der Waals surface area contributed by atoms with Crippen molar-refractivity contribution in [3.8, 4) is 0 Å². The van der Waals surface area contributed by atoms with Crippen LogP contribution in [-0.2, 0) is 9.53 Å². The van der Waals surface area contributed by atoms with E-state index in [1.54, 1.807) is 36.1 Å². The lowest BCUT2D eigenvalue weighted by atomic mass is 9.92. The number of hydrogen-bond acceptors (Lipinski definition) is 4. The molecular formula is C17H23N3O4. The number of hydrogen-bond donors (Lipinski definition) is 2. The Morgan fingerprint density at radius 1 is 1.25 bits per heavy atom. The number of anilines is 1. The van der Waals surface area contributed by atoms with Gasteiger partial charge in [-0.2, -0.15) is 0 Å². The van der Waals surface area contributed by atoms with Crippen molar-refractivity contribution < 1.29 is 19.1 Å². The molecular weight excluding hydrogens is 310 g/mol. The SMILES string of the molecule is CCOC(=O)Nc1ccc(C(=O)N2C[C@H](C(N)=O)CC[C@H]2C)cc1. The van der Waals surface area contributed by atoms with Crippen LogP contribution in [0.3, 0.4) is 0 Å². The van der Waals surface area contributed by atoms with Crippen LogP contribution >= 0.6 is 0 Å². The number of benzene rings is 1. The summed E-state index contributed by atoms with van der Waals surface area (Å²) in [6.45, 7) is 4.32. The summed E-state index contributed by atoms with van der Waals surface area (Å²) < 4.78 is 4.80. The van der Waals surface area contributed by atoms with Gasteiger partial charge in [-0.05, 0) is 51.0 Å². The number of nitrogens with two attached hydrogens (primary N) is 1. The number of piperidine rings is 1. The summed E-state index contributed by atoms with van der Waals surface area (Å²) in [5.74, 6) is -0.806. The molecule has 7 nitrogen and oxygen atoms in total. The van der Waals surface area contributed by atoms with Gasteiger partial charge in [0.1, 0.15) is 0 Å². The minimum Gasteiger partial charge on any atom is -0.450 e. The van der Waals surface area contributed by atoms with Gasteiger partial charge in [0, 0.05) is 23.8 Å². The van der Waals surface area contributed by atoms with E-state index < -0.39 is 6.09 Å². The predicted octanol–water partition coefficient (Wildman–Crippen LogP) is 1.98. The Labute approximate surface area is 141 Å². The lowest BCUT2D eigenvalue weighted by molar-refractivity contribution is -0.123. The summed E-state index contributed by atoms with van der Waals surface area (Å²) >= 11 is 0. The molecule has 1 aromatic rings. The smallest absolute Gasteiger partial charge is 0.411 e. The molecule has 3 amide bonds. The molecule has 0 radical (unpaired) electrons. The fourth-order valence-electron chi connectivity index (χ4n) is 2.77. The Morgan fingerprint density at radius 2 is 1.92 bits per heavy atom. The van der Waals surface area contributed by atoms with Crippen LogP contribution in [0.2, 0.25) is 0 Å². The first-order valence-corrected chi connectivity index (χ1v) is 8.06. The van der Waals surface area contributed by atoms with Gasteiger partial charge in [-0.15, -0.1) is 0 Å². The molecule has 0 aromatic heterocycles. The molecule has 130 valence electrons. The number of primary amides is 1. The van der Waals surface area contributed by atoms with Crippen LogP contribution in [-0.4, -0.2) is 42.0 Å². The summed E-state index contributed by atoms with van der Waals surface area (Å²) in [6.07, 6.45) is 0.926. The van der Waals surface area contributed by atoms with Crippen LogP contribution in [0.5, 0.6) is 0 Å². The van der Waals surface area contributed by atoms with E-state index in [0.29, 0.717) is 24.2 Å². The average Bonchev–Trinajstić information content (AvgIpc) is 2.55. The largest absolute Gasteiger partial charge is 0.450 e. The van der Waals surface area contributed by atoms with E-state index in [1.807, 2.05) is 6.92 Å². The number of nitrogens with zero attached hydrogens (tertiary/aromatic N) is 1. The molecule has 1 heterocycles. The zero-order chi connectivity index (χ0) is 17.7. The highest BCUT2D eigenvalue weighted by molar-refractivity contribution is 5.95. The van der Waals surface area contributed by atoms with Crippen molar-refractivity contribution in [2.24, 2.45) is 11.7 Å². The normalized spacial score (nSPS) is 20.3. The monoisotopic (exact) mass is 333 g/mol. The van der Waals surface area contributed by atoms with E-state index in [0.717, 1.165) is 6.42 Å². The highest BCUT2D eigenvalue weighted by Crippen LogP contribution is 2.24. The molecule has 2 atom stereocenters. The minimum atomic E-state index is -0.537. The van der Waals surface area contributed by atoms with Gasteiger partial charge in [-0.3, -0.25) is 14.9 Å². The molecule has 0 aliphatic carbocycles. The molecule has 0 bridgehead atoms. The van der Waals surface area contributed by atoms with E-state index in [-0.39, 0.29) is 30.4 Å². The van der Waals surface area contributed by atoms with Crippen molar-refractivity contribution in [1.82, 2.24) is 4.90 Å². The first-order chi connectivity index (χ1) is 11.4. The summed E-state index contributed by atoms with van der Waals surface area (Å²) in [4.78, 5) is 37.1. The quantitative estimate of drug-likeness (QED) is 0.879. The van der Waals surface area contributed by atoms with E-state index in [4.69, 9.17) is 10.5 Å². The van der Waals surface area contributed by atoms with Gasteiger partial charge in [0.25, 0.3) is 5.91 Å². The maximum Gasteiger partial charge on any atom is 0.411 e. The van der Waals surface area contributed by atoms with Gasteiger partial charge in [0.2, 0.25) is 5.91 Å². The average molecular weight is 333 g/mol. The van der Waals surface area contributed by atoms with Crippen molar-refractivity contribution in [2.75, 3.05) is 18.5 Å². The molecule has 24 heavy (non-hydrogen) atoms. The molecule has 3 N–H and O–H groups in total. The highest BCUT2D eigenvalue weighted by Gasteiger charge is 2.32. The topological polar surface area (TPSA) is 102 Å². The number of carbonyl (C=O) groups is 3. The van der Waals surface area contributed by atoms with Gasteiger partial charge in [-0.25, -0.2) is 4.79 Å². The molecule has 0 spiro atoms. The van der Waals surface area contributed by atoms with Crippen molar-refractivity contribution in [3.05, 3.63) is 29.8 Å². The molecule has 1 saturated heterocycles. The van der Waals surface area contributed by atoms with E-state index >= 15 is 0 Å². The van der Waals surface area contributed by atoms with Gasteiger partial charge in [-0.1, -0.05) is 0 Å². The zero-order valence-electron chi connectivity index (χ0n) is 14.0. The second kappa shape index (κ2) is 7.81. The molecule has 1 aliphatic rings. The number of ether oxygens (including phenoxy) is 1. The second-order valence-electron chi connectivity index (χ2n) is 5.91. The third-order valence-corrected chi connectivity index (χ3v) is 4.20. The number of likely N-dealkylation sites (tertiary alicyclic amines) is 1. The molecule has 7 heteroatoms. The van der Waals surface area contributed by atoms with Crippen LogP contribution in [0.1, 0.15) is 37.0 Å². The molecule has 1 aromatic carbocycles. The van der Waals surface area contributed by atoms with Gasteiger partial charge in [0.15, 0.2) is 0 Å². The maximum atomic E-state index is 12.7. The summed E-state index contributed by atoms with van der Waals surface area (Å²) in [6, 6.07) is 6.63. The van der Waals surface area contributed by atoms with Crippen LogP contribution < -0.4 is 11.1 Å². The fourth-order valence-corrected chi connectivity index (χ4v) is 2.77. The lowest BCUT2D eigenvalue weighted by Gasteiger charge is -2.37. The fraction of sp³-hybridized carbons (Fsp3) is 0.471. The number of carbonyl (C=O) groups excluding carboxylic acids is 3. The van der Waals surface area contributed by atoms with Gasteiger partial charge >= 0.3 is 6.09 Å². The van der Waals surface area contributed by atoms with Crippen molar-refractivity contribution >= 4 is 23.6 Å². The van der Waals surface area contributed by atoms with Gasteiger partial charge < -0.3 is 15.4 Å². The van der Waals surface area contributed by atoms with Crippen LogP contribution in [0.15, 0.2) is 24.3 Å². The number of amides is 3. The van der Waals surface area contributed by atoms with E-state index in [1.165, 1.54) is 0 Å². The summed E-state index contributed by atoms with van der Waals surface area (Å²) in [5, 5.41) is 2.57. The molecule has 2 rings (SSSR count). The van der Waals surface area contributed by atoms with Crippen LogP contribution in [0.25, 0.3) is 0 Å². The maximum absolute atomic E-state index is 12.7. The lowest BCUT2D eigenvalue weighted by Crippen LogP contribution is -2.48. The van der Waals surface area contributed by atoms with Crippen LogP contribution in [0.4, 0.5) is 10.5 Å². The Hall–Kier alpha value is -2.57. The first-order valence-electron chi connectivity index (χ1n) is 8.06. The third kappa shape index (κ3) is 4.24. The van der Waals surface area contributed by atoms with Crippen molar-refractivity contribution in [3.63, 3.8) is 0 Å². The second-order valence-corrected chi connectivity index (χ2v) is 5.91. The number of rotatable bonds is 4. The van der Waals surface area contributed by atoms with E-state index in [9.17, 15) is 14.4 Å². The minimum absolute atomic E-state index is 0.0606. The third-order valence-electron chi connectivity index (χ3n) is 4.20. The molecule has 0 unspecified atom stereocenters. The first kappa shape index (κ1) is 17.8. The Morgan fingerprint density at radius 3 is 2.50 bits per heavy atom. The molecule has 1 aliphatic heterocycles. The Bertz CT molecular complexity index is 615. The number of nitrogens with one attached hydrogen (secondary N) is 1. The Kier molecular flexibility index (Phi) is 5.78. The molecule has 1 fully saturated rings. The molecule has 0 saturated carbocycles. The summed E-state index contributed by atoms with van der Waals surface area (Å²) in [7, 11) is 0. The predicted molar refractivity (Wildman–Crippen MR) is 89.5 cm³/mol. The van der Waals surface area contributed by atoms with Crippen LogP contribution in [0, 0.1) is 5.92 Å². The Balaban J connectivity index is 2.06. The standard InChI is InChI=1S/C17H23N3O4/c1-3-24-17(23)19-14-8-6-12(7-9-14)16(22)20-10-13(15(18)21)5-4-11(20)2/h6-9,11,13H,3-5,10H2,1-2H3,(H2,18,21)(H,19,23)/t11-,13-/m1/s1. The summed E-state index contributed by atoms with van der Waals surface area (Å²) in [5.41, 5.74) is 6.42. The highest BCUT2D eigenvalue weighted by atomic mass is 16.5. The zero-order valence-corrected chi connectivity index (χ0v) is 14.0. The van der Waals surface area contributed by atoms with Crippen molar-refractivity contribution in [1.29, 1.82) is 0 Å². The van der Waals surface area contributed by atoms with Crippen molar-refractivity contribution in [2.45, 2.75) is 32.7 Å². The van der Waals surface area contributed by atoms with Gasteiger partial charge in [0.05, 0.1) is 12.5 Å².